The number of carbonyl (C=O) groups is 1. The molecule has 31 heavy (non-hydrogen) atoms. The van der Waals surface area contributed by atoms with E-state index in [2.05, 4.69) is 53.9 Å². The van der Waals surface area contributed by atoms with E-state index < -0.39 is 0 Å². The second-order valence-electron chi connectivity index (χ2n) is 10.0. The Hall–Kier alpha value is -1.85. The van der Waals surface area contributed by atoms with Crippen LogP contribution in [0.15, 0.2) is 18.2 Å². The van der Waals surface area contributed by atoms with Gasteiger partial charge < -0.3 is 14.8 Å². The van der Waals surface area contributed by atoms with Gasteiger partial charge in [-0.05, 0) is 89.7 Å². The molecule has 1 amide bonds. The smallest absolute Gasteiger partial charge is 0.222 e. The number of carbonyl (C=O) groups excluding carboxylic acids is 1. The van der Waals surface area contributed by atoms with Crippen molar-refractivity contribution in [3.8, 4) is 0 Å². The zero-order valence-corrected chi connectivity index (χ0v) is 19.9. The van der Waals surface area contributed by atoms with E-state index in [1.165, 1.54) is 40.6 Å². The van der Waals surface area contributed by atoms with Crippen molar-refractivity contribution in [2.24, 2.45) is 5.92 Å². The molecule has 0 spiro atoms. The highest BCUT2D eigenvalue weighted by Gasteiger charge is 2.26. The molecule has 0 aliphatic carbocycles. The van der Waals surface area contributed by atoms with Crippen molar-refractivity contribution in [2.45, 2.75) is 65.0 Å². The number of benzene rings is 1. The first-order valence-corrected chi connectivity index (χ1v) is 12.2. The second kappa shape index (κ2) is 9.74. The van der Waals surface area contributed by atoms with E-state index >= 15 is 0 Å². The van der Waals surface area contributed by atoms with Gasteiger partial charge in [-0.1, -0.05) is 18.2 Å². The molecular weight excluding hydrogens is 384 g/mol. The molecule has 1 atom stereocenters. The lowest BCUT2D eigenvalue weighted by atomic mass is 9.92. The van der Waals surface area contributed by atoms with Crippen molar-refractivity contribution in [3.63, 3.8) is 0 Å². The van der Waals surface area contributed by atoms with Gasteiger partial charge in [0, 0.05) is 49.2 Å². The first-order valence-electron chi connectivity index (χ1n) is 12.2. The number of aromatic nitrogens is 1. The Morgan fingerprint density at radius 3 is 2.68 bits per heavy atom. The van der Waals surface area contributed by atoms with Gasteiger partial charge in [0.2, 0.25) is 5.91 Å². The lowest BCUT2D eigenvalue weighted by Gasteiger charge is -2.36. The third-order valence-electron chi connectivity index (χ3n) is 7.79. The molecular formula is C26H40N4O. The summed E-state index contributed by atoms with van der Waals surface area (Å²) in [7, 11) is 4.19. The molecule has 2 saturated heterocycles. The molecule has 2 aliphatic rings. The van der Waals surface area contributed by atoms with Crippen LogP contribution in [0.4, 0.5) is 0 Å². The Labute approximate surface area is 187 Å². The molecule has 1 aromatic carbocycles. The van der Waals surface area contributed by atoms with Crippen molar-refractivity contribution in [1.82, 2.24) is 19.7 Å². The number of nitrogens with zero attached hydrogens (tertiary/aromatic N) is 3. The highest BCUT2D eigenvalue weighted by Crippen LogP contribution is 2.28. The number of fused-ring (bicyclic) bond motifs is 1. The first-order chi connectivity index (χ1) is 14.9. The van der Waals surface area contributed by atoms with Crippen LogP contribution in [0.1, 0.15) is 55.3 Å². The Bertz CT molecular complexity index is 896. The van der Waals surface area contributed by atoms with Gasteiger partial charge in [-0.25, -0.2) is 0 Å². The summed E-state index contributed by atoms with van der Waals surface area (Å²) in [6, 6.07) is 6.99. The predicted octanol–water partition coefficient (Wildman–Crippen LogP) is 4.33. The topological polar surface area (TPSA) is 42.6 Å². The molecule has 5 heteroatoms. The van der Waals surface area contributed by atoms with E-state index in [1.54, 1.807) is 0 Å². The van der Waals surface area contributed by atoms with E-state index in [1.807, 2.05) is 11.9 Å². The predicted molar refractivity (Wildman–Crippen MR) is 128 cm³/mol. The normalized spacial score (nSPS) is 21.6. The first kappa shape index (κ1) is 22.3. The number of likely N-dealkylation sites (tertiary alicyclic amines) is 2. The van der Waals surface area contributed by atoms with Gasteiger partial charge in [0.05, 0.1) is 0 Å². The number of aromatic amines is 1. The Morgan fingerprint density at radius 2 is 1.94 bits per heavy atom. The maximum absolute atomic E-state index is 12.8. The molecule has 1 aromatic heterocycles. The van der Waals surface area contributed by atoms with Crippen LogP contribution in [0, 0.1) is 19.8 Å². The second-order valence-corrected chi connectivity index (χ2v) is 10.0. The van der Waals surface area contributed by atoms with Crippen LogP contribution in [-0.2, 0) is 11.3 Å². The van der Waals surface area contributed by atoms with E-state index in [0.717, 1.165) is 52.0 Å². The van der Waals surface area contributed by atoms with E-state index in [0.29, 0.717) is 24.3 Å². The molecule has 2 fully saturated rings. The van der Waals surface area contributed by atoms with Crippen LogP contribution in [0.25, 0.3) is 10.9 Å². The van der Waals surface area contributed by atoms with Gasteiger partial charge in [0.15, 0.2) is 0 Å². The average molecular weight is 425 g/mol. The number of nitrogens with one attached hydrogen (secondary N) is 1. The molecule has 0 radical (unpaired) electrons. The molecule has 170 valence electrons. The fourth-order valence-corrected chi connectivity index (χ4v) is 5.56. The molecule has 2 aliphatic heterocycles. The van der Waals surface area contributed by atoms with Crippen molar-refractivity contribution in [3.05, 3.63) is 35.0 Å². The summed E-state index contributed by atoms with van der Waals surface area (Å²) < 4.78 is 0. The average Bonchev–Trinajstić information content (AvgIpc) is 3.09. The minimum atomic E-state index is 0.341. The van der Waals surface area contributed by atoms with E-state index in [4.69, 9.17) is 0 Å². The lowest BCUT2D eigenvalue weighted by Crippen LogP contribution is -2.44. The fourth-order valence-electron chi connectivity index (χ4n) is 5.56. The fraction of sp³-hybridized carbons (Fsp3) is 0.654. The van der Waals surface area contributed by atoms with Crippen LogP contribution in [-0.4, -0.2) is 71.9 Å². The number of rotatable bonds is 6. The van der Waals surface area contributed by atoms with Crippen molar-refractivity contribution < 1.29 is 4.79 Å². The minimum absolute atomic E-state index is 0.341. The van der Waals surface area contributed by atoms with E-state index in [-0.39, 0.29) is 0 Å². The SMILES string of the molecule is Cc1c(CN2CCC[C@H](CCC(=O)N(C)C3CCN(C)CC3)C2)[nH]c2c(C)cccc12. The Morgan fingerprint density at radius 1 is 1.16 bits per heavy atom. The number of H-pyrrole nitrogens is 1. The van der Waals surface area contributed by atoms with Crippen molar-refractivity contribution in [1.29, 1.82) is 0 Å². The summed E-state index contributed by atoms with van der Waals surface area (Å²) >= 11 is 0. The summed E-state index contributed by atoms with van der Waals surface area (Å²) in [5.41, 5.74) is 5.33. The summed E-state index contributed by atoms with van der Waals surface area (Å²) in [6.07, 6.45) is 6.44. The summed E-state index contributed by atoms with van der Waals surface area (Å²) in [4.78, 5) is 23.5. The van der Waals surface area contributed by atoms with Gasteiger partial charge in [0.1, 0.15) is 0 Å². The quantitative estimate of drug-likeness (QED) is 0.751. The van der Waals surface area contributed by atoms with Crippen LogP contribution in [0.5, 0.6) is 0 Å². The highest BCUT2D eigenvalue weighted by atomic mass is 16.2. The van der Waals surface area contributed by atoms with E-state index in [9.17, 15) is 4.79 Å². The molecule has 4 rings (SSSR count). The largest absolute Gasteiger partial charge is 0.357 e. The zero-order valence-electron chi connectivity index (χ0n) is 19.9. The summed E-state index contributed by atoms with van der Waals surface area (Å²) in [6.45, 7) is 9.89. The molecule has 0 bridgehead atoms. The third kappa shape index (κ3) is 5.15. The molecule has 5 nitrogen and oxygen atoms in total. The molecule has 3 heterocycles. The molecule has 0 saturated carbocycles. The van der Waals surface area contributed by atoms with Gasteiger partial charge >= 0.3 is 0 Å². The minimum Gasteiger partial charge on any atom is -0.357 e. The monoisotopic (exact) mass is 424 g/mol. The van der Waals surface area contributed by atoms with Crippen LogP contribution in [0.2, 0.25) is 0 Å². The van der Waals surface area contributed by atoms with Crippen molar-refractivity contribution >= 4 is 16.8 Å². The van der Waals surface area contributed by atoms with Gasteiger partial charge in [-0.3, -0.25) is 9.69 Å². The summed E-state index contributed by atoms with van der Waals surface area (Å²) in [5, 5.41) is 1.35. The number of piperidine rings is 2. The number of amides is 1. The maximum Gasteiger partial charge on any atom is 0.222 e. The van der Waals surface area contributed by atoms with Gasteiger partial charge in [-0.2, -0.15) is 0 Å². The van der Waals surface area contributed by atoms with Gasteiger partial charge in [0.25, 0.3) is 0 Å². The lowest BCUT2D eigenvalue weighted by molar-refractivity contribution is -0.133. The number of para-hydroxylation sites is 1. The van der Waals surface area contributed by atoms with Crippen LogP contribution in [0.3, 0.4) is 0 Å². The molecule has 2 aromatic rings. The van der Waals surface area contributed by atoms with Crippen LogP contribution < -0.4 is 0 Å². The summed E-state index contributed by atoms with van der Waals surface area (Å²) in [5.74, 6) is 0.976. The molecule has 1 N–H and O–H groups in total. The number of hydrogen-bond acceptors (Lipinski definition) is 3. The third-order valence-corrected chi connectivity index (χ3v) is 7.79. The highest BCUT2D eigenvalue weighted by molar-refractivity contribution is 5.86. The van der Waals surface area contributed by atoms with Crippen LogP contribution >= 0.6 is 0 Å². The Balaban J connectivity index is 1.29. The maximum atomic E-state index is 12.8. The zero-order chi connectivity index (χ0) is 22.0. The van der Waals surface area contributed by atoms with Crippen molar-refractivity contribution in [2.75, 3.05) is 40.3 Å². The molecule has 0 unspecified atom stereocenters. The van der Waals surface area contributed by atoms with Gasteiger partial charge in [-0.15, -0.1) is 0 Å². The Kier molecular flexibility index (Phi) is 7.02. The number of aryl methyl sites for hydroxylation is 2. The standard InChI is InChI=1S/C26H40N4O/c1-19-7-5-9-23-20(2)24(27-26(19)23)18-30-14-6-8-21(17-30)10-11-25(31)29(4)22-12-15-28(3)16-13-22/h5,7,9,21-22,27H,6,8,10-18H2,1-4H3/t21-/m1/s1. The number of hydrogen-bond donors (Lipinski definition) is 1.